The number of carbonyl (C=O) groups excluding carboxylic acids is 2. The lowest BCUT2D eigenvalue weighted by atomic mass is 10.0. The van der Waals surface area contributed by atoms with Crippen molar-refractivity contribution in [1.29, 1.82) is 0 Å². The number of fused-ring (bicyclic) bond motifs is 1. The fourth-order valence-corrected chi connectivity index (χ4v) is 1.94. The highest BCUT2D eigenvalue weighted by Gasteiger charge is 2.19. The van der Waals surface area contributed by atoms with Crippen molar-refractivity contribution in [3.63, 3.8) is 0 Å². The molecule has 0 aromatic heterocycles. The third-order valence-electron chi connectivity index (χ3n) is 3.41. The number of halogens is 1. The highest BCUT2D eigenvalue weighted by molar-refractivity contribution is 5.97. The number of aryl methyl sites for hydroxylation is 1. The van der Waals surface area contributed by atoms with Crippen LogP contribution >= 0.6 is 0 Å². The molecule has 2 rings (SSSR count). The van der Waals surface area contributed by atoms with Crippen LogP contribution in [0.3, 0.4) is 0 Å². The average molecular weight is 264 g/mol. The Morgan fingerprint density at radius 1 is 1.47 bits per heavy atom. The van der Waals surface area contributed by atoms with Gasteiger partial charge in [0.05, 0.1) is 5.69 Å². The number of carbonyl (C=O) groups is 2. The van der Waals surface area contributed by atoms with E-state index in [1.807, 2.05) is 6.92 Å². The predicted octanol–water partition coefficient (Wildman–Crippen LogP) is 2.70. The zero-order valence-corrected chi connectivity index (χ0v) is 11.0. The molecule has 5 heteroatoms. The molecular formula is C14H17FN2O2. The van der Waals surface area contributed by atoms with Crippen LogP contribution in [0.1, 0.15) is 32.3 Å². The van der Waals surface area contributed by atoms with Gasteiger partial charge in [-0.3, -0.25) is 9.59 Å². The lowest BCUT2D eigenvalue weighted by molar-refractivity contribution is -0.119. The number of anilines is 2. The summed E-state index contributed by atoms with van der Waals surface area (Å²) in [6.45, 7) is 3.68. The number of hydrogen-bond acceptors (Lipinski definition) is 2. The molecule has 1 aromatic carbocycles. The summed E-state index contributed by atoms with van der Waals surface area (Å²) in [5, 5.41) is 5.25. The second-order valence-corrected chi connectivity index (χ2v) is 4.84. The summed E-state index contributed by atoms with van der Waals surface area (Å²) in [6, 6.07) is 2.86. The molecule has 0 saturated carbocycles. The minimum Gasteiger partial charge on any atom is -0.326 e. The molecule has 0 fully saturated rings. The Morgan fingerprint density at radius 2 is 2.21 bits per heavy atom. The molecule has 102 valence electrons. The van der Waals surface area contributed by atoms with Gasteiger partial charge in [-0.15, -0.1) is 0 Å². The zero-order chi connectivity index (χ0) is 14.0. The molecule has 19 heavy (non-hydrogen) atoms. The van der Waals surface area contributed by atoms with Crippen molar-refractivity contribution in [3.05, 3.63) is 23.5 Å². The Kier molecular flexibility index (Phi) is 3.83. The summed E-state index contributed by atoms with van der Waals surface area (Å²) in [4.78, 5) is 23.1. The van der Waals surface area contributed by atoms with Crippen LogP contribution in [0.15, 0.2) is 12.1 Å². The molecule has 0 bridgehead atoms. The molecule has 1 aliphatic heterocycles. The molecule has 0 aliphatic carbocycles. The van der Waals surface area contributed by atoms with Crippen molar-refractivity contribution in [3.8, 4) is 0 Å². The van der Waals surface area contributed by atoms with Gasteiger partial charge in [0.1, 0.15) is 5.82 Å². The van der Waals surface area contributed by atoms with E-state index < -0.39 is 5.82 Å². The molecule has 1 aromatic rings. The molecule has 0 radical (unpaired) electrons. The molecule has 2 N–H and O–H groups in total. The van der Waals surface area contributed by atoms with Crippen molar-refractivity contribution < 1.29 is 14.0 Å². The number of hydrogen-bond donors (Lipinski definition) is 2. The van der Waals surface area contributed by atoms with E-state index in [0.29, 0.717) is 24.9 Å². The van der Waals surface area contributed by atoms with E-state index in [0.717, 1.165) is 5.56 Å². The molecule has 2 amide bonds. The minimum atomic E-state index is -0.466. The smallest absolute Gasteiger partial charge is 0.227 e. The second kappa shape index (κ2) is 5.38. The van der Waals surface area contributed by atoms with Crippen LogP contribution in [0, 0.1) is 11.7 Å². The molecule has 4 nitrogen and oxygen atoms in total. The van der Waals surface area contributed by atoms with Gasteiger partial charge in [-0.05, 0) is 30.5 Å². The van der Waals surface area contributed by atoms with E-state index in [1.165, 1.54) is 12.1 Å². The molecule has 0 spiro atoms. The van der Waals surface area contributed by atoms with Gasteiger partial charge in [0.15, 0.2) is 0 Å². The van der Waals surface area contributed by atoms with Crippen LogP contribution < -0.4 is 10.6 Å². The first-order valence-electron chi connectivity index (χ1n) is 6.44. The first kappa shape index (κ1) is 13.5. The monoisotopic (exact) mass is 264 g/mol. The van der Waals surface area contributed by atoms with Crippen LogP contribution in [0.5, 0.6) is 0 Å². The highest BCUT2D eigenvalue weighted by Crippen LogP contribution is 2.28. The fraction of sp³-hybridized carbons (Fsp3) is 0.429. The standard InChI is InChI=1S/C14H17FN2O2/c1-3-8(2)14(19)17-12-7-11-9(6-10(12)15)4-5-13(18)16-11/h6-8H,3-5H2,1-2H3,(H,16,18)(H,17,19). The summed E-state index contributed by atoms with van der Waals surface area (Å²) in [6.07, 6.45) is 1.58. The van der Waals surface area contributed by atoms with Gasteiger partial charge in [-0.2, -0.15) is 0 Å². The van der Waals surface area contributed by atoms with Crippen molar-refractivity contribution in [2.45, 2.75) is 33.1 Å². The first-order chi connectivity index (χ1) is 9.01. The fourth-order valence-electron chi connectivity index (χ4n) is 1.94. The van der Waals surface area contributed by atoms with E-state index in [9.17, 15) is 14.0 Å². The SMILES string of the molecule is CCC(C)C(=O)Nc1cc2c(cc1F)CCC(=O)N2. The van der Waals surface area contributed by atoms with E-state index in [2.05, 4.69) is 10.6 Å². The Labute approximate surface area is 111 Å². The van der Waals surface area contributed by atoms with Crippen LogP contribution in [0.2, 0.25) is 0 Å². The molecule has 1 heterocycles. The van der Waals surface area contributed by atoms with Gasteiger partial charge in [0.25, 0.3) is 0 Å². The van der Waals surface area contributed by atoms with E-state index in [1.54, 1.807) is 6.92 Å². The van der Waals surface area contributed by atoms with E-state index in [-0.39, 0.29) is 23.4 Å². The number of nitrogens with one attached hydrogen (secondary N) is 2. The summed E-state index contributed by atoms with van der Waals surface area (Å²) < 4.78 is 13.9. The van der Waals surface area contributed by atoms with Crippen molar-refractivity contribution in [2.24, 2.45) is 5.92 Å². The van der Waals surface area contributed by atoms with Gasteiger partial charge < -0.3 is 10.6 Å². The quantitative estimate of drug-likeness (QED) is 0.881. The van der Waals surface area contributed by atoms with E-state index in [4.69, 9.17) is 0 Å². The summed E-state index contributed by atoms with van der Waals surface area (Å²) in [5.74, 6) is -0.946. The summed E-state index contributed by atoms with van der Waals surface area (Å²) >= 11 is 0. The maximum absolute atomic E-state index is 13.9. The molecule has 0 saturated heterocycles. The van der Waals surface area contributed by atoms with Crippen molar-refractivity contribution in [2.75, 3.05) is 10.6 Å². The van der Waals surface area contributed by atoms with Gasteiger partial charge in [-0.25, -0.2) is 4.39 Å². The van der Waals surface area contributed by atoms with Gasteiger partial charge in [-0.1, -0.05) is 13.8 Å². The predicted molar refractivity (Wildman–Crippen MR) is 71.4 cm³/mol. The Hall–Kier alpha value is -1.91. The lowest BCUT2D eigenvalue weighted by Crippen LogP contribution is -2.22. The largest absolute Gasteiger partial charge is 0.326 e. The topological polar surface area (TPSA) is 58.2 Å². The van der Waals surface area contributed by atoms with Crippen LogP contribution in [0.4, 0.5) is 15.8 Å². The number of rotatable bonds is 3. The minimum absolute atomic E-state index is 0.0849. The molecule has 1 atom stereocenters. The second-order valence-electron chi connectivity index (χ2n) is 4.84. The highest BCUT2D eigenvalue weighted by atomic mass is 19.1. The summed E-state index contributed by atoms with van der Waals surface area (Å²) in [7, 11) is 0. The van der Waals surface area contributed by atoms with Gasteiger partial charge in [0.2, 0.25) is 11.8 Å². The van der Waals surface area contributed by atoms with Crippen LogP contribution in [-0.4, -0.2) is 11.8 Å². The first-order valence-corrected chi connectivity index (χ1v) is 6.44. The Balaban J connectivity index is 2.24. The average Bonchev–Trinajstić information content (AvgIpc) is 2.39. The lowest BCUT2D eigenvalue weighted by Gasteiger charge is -2.19. The molecular weight excluding hydrogens is 247 g/mol. The molecule has 1 aliphatic rings. The van der Waals surface area contributed by atoms with Crippen LogP contribution in [-0.2, 0) is 16.0 Å². The van der Waals surface area contributed by atoms with Crippen molar-refractivity contribution in [1.82, 2.24) is 0 Å². The van der Waals surface area contributed by atoms with Crippen LogP contribution in [0.25, 0.3) is 0 Å². The number of benzene rings is 1. The van der Waals surface area contributed by atoms with E-state index >= 15 is 0 Å². The number of amides is 2. The van der Waals surface area contributed by atoms with Crippen molar-refractivity contribution >= 4 is 23.2 Å². The normalized spacial score (nSPS) is 15.4. The Morgan fingerprint density at radius 3 is 2.89 bits per heavy atom. The maximum Gasteiger partial charge on any atom is 0.227 e. The third kappa shape index (κ3) is 2.92. The third-order valence-corrected chi connectivity index (χ3v) is 3.41. The van der Waals surface area contributed by atoms with Gasteiger partial charge >= 0.3 is 0 Å². The Bertz CT molecular complexity index is 528. The summed E-state index contributed by atoms with van der Waals surface area (Å²) in [5.41, 5.74) is 1.46. The zero-order valence-electron chi connectivity index (χ0n) is 11.0. The molecule has 1 unspecified atom stereocenters. The maximum atomic E-state index is 13.9. The van der Waals surface area contributed by atoms with Gasteiger partial charge in [0, 0.05) is 18.0 Å².